The van der Waals surface area contributed by atoms with Crippen LogP contribution in [-0.4, -0.2) is 19.0 Å². The van der Waals surface area contributed by atoms with Crippen molar-refractivity contribution in [3.8, 4) is 0 Å². The van der Waals surface area contributed by atoms with Crippen molar-refractivity contribution < 1.29 is 9.47 Å². The third kappa shape index (κ3) is 5.12. The molecule has 0 saturated heterocycles. The highest BCUT2D eigenvalue weighted by atomic mass is 32.2. The molecule has 0 amide bonds. The van der Waals surface area contributed by atoms with Crippen molar-refractivity contribution in [1.29, 1.82) is 0 Å². The fourth-order valence-electron chi connectivity index (χ4n) is 1.17. The summed E-state index contributed by atoms with van der Waals surface area (Å²) in [5, 5.41) is 0. The predicted octanol–water partition coefficient (Wildman–Crippen LogP) is 3.69. The maximum Gasteiger partial charge on any atom is 0.275 e. The van der Waals surface area contributed by atoms with Gasteiger partial charge in [-0.3, -0.25) is 0 Å². The monoisotopic (exact) mass is 238 g/mol. The standard InChI is InChI=1S/C13H18O2S/c1-3-14-13(15-4-2)10-11-16-12-8-6-5-7-9-12/h5-10H,3-4,11H2,1-2H3. The molecule has 0 atom stereocenters. The molecule has 0 unspecified atom stereocenters. The lowest BCUT2D eigenvalue weighted by atomic mass is 10.4. The van der Waals surface area contributed by atoms with Crippen molar-refractivity contribution in [2.24, 2.45) is 0 Å². The molecule has 0 aliphatic heterocycles. The van der Waals surface area contributed by atoms with Gasteiger partial charge in [0.15, 0.2) is 0 Å². The lowest BCUT2D eigenvalue weighted by molar-refractivity contribution is 0.0463. The summed E-state index contributed by atoms with van der Waals surface area (Å²) in [5.41, 5.74) is 0. The van der Waals surface area contributed by atoms with Crippen molar-refractivity contribution in [2.75, 3.05) is 19.0 Å². The average Bonchev–Trinajstić information content (AvgIpc) is 2.31. The van der Waals surface area contributed by atoms with Crippen LogP contribution in [-0.2, 0) is 9.47 Å². The molecule has 2 nitrogen and oxygen atoms in total. The summed E-state index contributed by atoms with van der Waals surface area (Å²) in [6.07, 6.45) is 1.98. The van der Waals surface area contributed by atoms with Crippen molar-refractivity contribution in [3.05, 3.63) is 42.4 Å². The van der Waals surface area contributed by atoms with E-state index in [-0.39, 0.29) is 0 Å². The number of ether oxygens (including phenoxy) is 2. The highest BCUT2D eigenvalue weighted by Crippen LogP contribution is 2.17. The van der Waals surface area contributed by atoms with E-state index in [1.54, 1.807) is 11.8 Å². The first-order valence-electron chi connectivity index (χ1n) is 5.50. The first-order valence-corrected chi connectivity index (χ1v) is 6.49. The molecular weight excluding hydrogens is 220 g/mol. The molecule has 0 saturated carbocycles. The fourth-order valence-corrected chi connectivity index (χ4v) is 1.93. The average molecular weight is 238 g/mol. The Bertz CT molecular complexity index is 301. The van der Waals surface area contributed by atoms with Crippen LogP contribution in [0.4, 0.5) is 0 Å². The minimum absolute atomic E-state index is 0.633. The van der Waals surface area contributed by atoms with Gasteiger partial charge in [-0.2, -0.15) is 0 Å². The Kier molecular flexibility index (Phi) is 6.58. The Hall–Kier alpha value is -1.09. The van der Waals surface area contributed by atoms with Crippen molar-refractivity contribution in [2.45, 2.75) is 18.7 Å². The summed E-state index contributed by atoms with van der Waals surface area (Å²) in [4.78, 5) is 1.26. The quantitative estimate of drug-likeness (QED) is 0.533. The van der Waals surface area contributed by atoms with Crippen LogP contribution in [0.2, 0.25) is 0 Å². The van der Waals surface area contributed by atoms with Crippen LogP contribution < -0.4 is 0 Å². The third-order valence-electron chi connectivity index (χ3n) is 1.82. The number of hydrogen-bond donors (Lipinski definition) is 0. The molecule has 0 N–H and O–H groups in total. The Balaban J connectivity index is 2.38. The van der Waals surface area contributed by atoms with Gasteiger partial charge in [-0.05, 0) is 26.0 Å². The molecule has 3 heteroatoms. The van der Waals surface area contributed by atoms with Gasteiger partial charge >= 0.3 is 0 Å². The van der Waals surface area contributed by atoms with E-state index in [4.69, 9.17) is 9.47 Å². The van der Waals surface area contributed by atoms with E-state index in [0.29, 0.717) is 19.2 Å². The van der Waals surface area contributed by atoms with Crippen molar-refractivity contribution in [1.82, 2.24) is 0 Å². The molecule has 1 aromatic rings. The maximum atomic E-state index is 5.35. The van der Waals surface area contributed by atoms with E-state index in [0.717, 1.165) is 5.75 Å². The molecule has 0 aliphatic carbocycles. The highest BCUT2D eigenvalue weighted by Gasteiger charge is 1.97. The molecule has 0 aromatic heterocycles. The molecule has 0 heterocycles. The molecule has 0 fully saturated rings. The summed E-state index contributed by atoms with van der Waals surface area (Å²) in [6, 6.07) is 10.3. The minimum Gasteiger partial charge on any atom is -0.466 e. The van der Waals surface area contributed by atoms with Crippen LogP contribution in [0.25, 0.3) is 0 Å². The zero-order valence-electron chi connectivity index (χ0n) is 9.81. The van der Waals surface area contributed by atoms with Gasteiger partial charge in [-0.25, -0.2) is 0 Å². The molecule has 88 valence electrons. The largest absolute Gasteiger partial charge is 0.466 e. The molecule has 0 bridgehead atoms. The summed E-state index contributed by atoms with van der Waals surface area (Å²) in [7, 11) is 0. The maximum absolute atomic E-state index is 5.35. The fraction of sp³-hybridized carbons (Fsp3) is 0.385. The first kappa shape index (κ1) is 13.0. The summed E-state index contributed by atoms with van der Waals surface area (Å²) < 4.78 is 10.7. The van der Waals surface area contributed by atoms with E-state index < -0.39 is 0 Å². The Labute approximate surface area is 102 Å². The lowest BCUT2D eigenvalue weighted by Crippen LogP contribution is -1.98. The molecule has 16 heavy (non-hydrogen) atoms. The van der Waals surface area contributed by atoms with E-state index >= 15 is 0 Å². The predicted molar refractivity (Wildman–Crippen MR) is 68.5 cm³/mol. The summed E-state index contributed by atoms with van der Waals surface area (Å²) in [6.45, 7) is 5.19. The minimum atomic E-state index is 0.633. The van der Waals surface area contributed by atoms with Gasteiger partial charge in [-0.1, -0.05) is 18.2 Å². The molecular formula is C13H18O2S. The van der Waals surface area contributed by atoms with E-state index in [9.17, 15) is 0 Å². The second-order valence-electron chi connectivity index (χ2n) is 3.01. The van der Waals surface area contributed by atoms with Gasteiger partial charge in [0.25, 0.3) is 5.95 Å². The smallest absolute Gasteiger partial charge is 0.275 e. The van der Waals surface area contributed by atoms with Crippen LogP contribution in [0.5, 0.6) is 0 Å². The van der Waals surface area contributed by atoms with Gasteiger partial charge in [0.2, 0.25) is 0 Å². The zero-order chi connectivity index (χ0) is 11.6. The number of thioether (sulfide) groups is 1. The lowest BCUT2D eigenvalue weighted by Gasteiger charge is -2.08. The second-order valence-corrected chi connectivity index (χ2v) is 4.11. The Morgan fingerprint density at radius 1 is 1.12 bits per heavy atom. The van der Waals surface area contributed by atoms with Gasteiger partial charge in [0.1, 0.15) is 0 Å². The van der Waals surface area contributed by atoms with Crippen LogP contribution >= 0.6 is 11.8 Å². The van der Waals surface area contributed by atoms with Crippen LogP contribution in [0.3, 0.4) is 0 Å². The Morgan fingerprint density at radius 3 is 2.31 bits per heavy atom. The van der Waals surface area contributed by atoms with Crippen molar-refractivity contribution >= 4 is 11.8 Å². The first-order chi connectivity index (χ1) is 7.86. The zero-order valence-corrected chi connectivity index (χ0v) is 10.6. The topological polar surface area (TPSA) is 18.5 Å². The van der Waals surface area contributed by atoms with Gasteiger partial charge < -0.3 is 9.47 Å². The van der Waals surface area contributed by atoms with E-state index in [1.807, 2.05) is 38.1 Å². The number of benzene rings is 1. The van der Waals surface area contributed by atoms with Gasteiger partial charge in [-0.15, -0.1) is 11.8 Å². The summed E-state index contributed by atoms with van der Waals surface area (Å²) in [5.74, 6) is 1.49. The normalized spacial score (nSPS) is 9.62. The SMILES string of the molecule is CCOC(=CCSc1ccccc1)OCC. The molecule has 0 spiro atoms. The van der Waals surface area contributed by atoms with Crippen LogP contribution in [0, 0.1) is 0 Å². The number of rotatable bonds is 7. The van der Waals surface area contributed by atoms with Crippen molar-refractivity contribution in [3.63, 3.8) is 0 Å². The van der Waals surface area contributed by atoms with Crippen LogP contribution in [0.1, 0.15) is 13.8 Å². The highest BCUT2D eigenvalue weighted by molar-refractivity contribution is 7.99. The number of hydrogen-bond acceptors (Lipinski definition) is 3. The Morgan fingerprint density at radius 2 is 1.75 bits per heavy atom. The van der Waals surface area contributed by atoms with E-state index in [1.165, 1.54) is 4.90 Å². The summed E-state index contributed by atoms with van der Waals surface area (Å²) >= 11 is 1.76. The van der Waals surface area contributed by atoms with Gasteiger partial charge in [0.05, 0.1) is 13.2 Å². The molecule has 1 rings (SSSR count). The molecule has 0 radical (unpaired) electrons. The van der Waals surface area contributed by atoms with E-state index in [2.05, 4.69) is 12.1 Å². The molecule has 1 aromatic carbocycles. The van der Waals surface area contributed by atoms with Crippen LogP contribution in [0.15, 0.2) is 47.2 Å². The van der Waals surface area contributed by atoms with Gasteiger partial charge in [0, 0.05) is 16.7 Å². The second kappa shape index (κ2) is 8.11. The molecule has 0 aliphatic rings. The third-order valence-corrected chi connectivity index (χ3v) is 2.76.